The van der Waals surface area contributed by atoms with E-state index >= 15 is 0 Å². The largest absolute Gasteiger partial charge is 0.461 e. The average molecular weight is 541 g/mol. The van der Waals surface area contributed by atoms with Gasteiger partial charge in [0.15, 0.2) is 6.23 Å². The summed E-state index contributed by atoms with van der Waals surface area (Å²) in [4.78, 5) is 27.9. The van der Waals surface area contributed by atoms with Crippen LogP contribution < -0.4 is 21.0 Å². The Balaban J connectivity index is 1.72. The molecule has 204 valence electrons. The van der Waals surface area contributed by atoms with Gasteiger partial charge in [-0.15, -0.1) is 0 Å². The number of carbonyl (C=O) groups excluding carboxylic acids is 1. The third kappa shape index (κ3) is 7.60. The van der Waals surface area contributed by atoms with Crippen molar-refractivity contribution in [3.8, 4) is 5.75 Å². The van der Waals surface area contributed by atoms with Crippen LogP contribution in [0.25, 0.3) is 0 Å². The van der Waals surface area contributed by atoms with Crippen molar-refractivity contribution >= 4 is 19.5 Å². The van der Waals surface area contributed by atoms with E-state index in [9.17, 15) is 19.3 Å². The number of hydrogen-bond acceptors (Lipinski definition) is 11. The molecule has 0 saturated carbocycles. The number of benzene rings is 1. The van der Waals surface area contributed by atoms with Crippen LogP contribution >= 0.6 is 7.75 Å². The molecule has 2 heterocycles. The average Bonchev–Trinajstić information content (AvgIpc) is 3.17. The first-order valence-corrected chi connectivity index (χ1v) is 13.2. The summed E-state index contributed by atoms with van der Waals surface area (Å²) < 4.78 is 42.5. The molecule has 4 N–H and O–H groups in total. The van der Waals surface area contributed by atoms with Crippen LogP contribution in [0, 0.1) is 5.92 Å². The molecule has 0 radical (unpaired) electrons. The Hall–Kier alpha value is -2.80. The second-order valence-corrected chi connectivity index (χ2v) is 10.5. The van der Waals surface area contributed by atoms with Crippen LogP contribution in [-0.4, -0.2) is 65.3 Å². The number of nitrogens with zero attached hydrogens (tertiary/aromatic N) is 2. The van der Waals surface area contributed by atoms with Crippen LogP contribution in [0.3, 0.4) is 0 Å². The van der Waals surface area contributed by atoms with Gasteiger partial charge in [0.25, 0.3) is 0 Å². The minimum absolute atomic E-state index is 0.0343. The highest BCUT2D eigenvalue weighted by Gasteiger charge is 2.46. The fourth-order valence-electron chi connectivity index (χ4n) is 3.47. The fraction of sp³-hybridized carbons (Fsp3) is 0.522. The Morgan fingerprint density at radius 2 is 1.97 bits per heavy atom. The highest BCUT2D eigenvalue weighted by atomic mass is 31.2. The van der Waals surface area contributed by atoms with Gasteiger partial charge in [-0.3, -0.25) is 13.9 Å². The highest BCUT2D eigenvalue weighted by Crippen LogP contribution is 2.45. The molecule has 0 spiro atoms. The third-order valence-electron chi connectivity index (χ3n) is 5.45. The van der Waals surface area contributed by atoms with Gasteiger partial charge >= 0.3 is 19.4 Å². The first-order valence-electron chi connectivity index (χ1n) is 11.7. The Morgan fingerprint density at radius 3 is 2.59 bits per heavy atom. The number of carbonyl (C=O) groups is 1. The molecule has 6 atom stereocenters. The maximum Gasteiger partial charge on any atom is 0.458 e. The Labute approximate surface area is 214 Å². The normalized spacial score (nSPS) is 23.9. The first kappa shape index (κ1) is 28.8. The molecule has 13 nitrogen and oxygen atoms in total. The molecule has 1 fully saturated rings. The highest BCUT2D eigenvalue weighted by molar-refractivity contribution is 7.52. The van der Waals surface area contributed by atoms with Gasteiger partial charge in [0.1, 0.15) is 36.0 Å². The van der Waals surface area contributed by atoms with Gasteiger partial charge in [-0.2, -0.15) is 4.98 Å². The number of hydrogen-bond donors (Lipinski definition) is 3. The van der Waals surface area contributed by atoms with Crippen molar-refractivity contribution in [2.75, 3.05) is 26.0 Å². The summed E-state index contributed by atoms with van der Waals surface area (Å²) in [5.41, 5.74) is 4.86. The molecule has 37 heavy (non-hydrogen) atoms. The zero-order valence-electron chi connectivity index (χ0n) is 21.1. The van der Waals surface area contributed by atoms with Crippen molar-refractivity contribution in [3.63, 3.8) is 0 Å². The fourth-order valence-corrected chi connectivity index (χ4v) is 4.90. The maximum absolute atomic E-state index is 13.6. The second kappa shape index (κ2) is 12.6. The van der Waals surface area contributed by atoms with Gasteiger partial charge in [0, 0.05) is 19.9 Å². The number of nitrogens with one attached hydrogen (secondary N) is 1. The molecule has 0 amide bonds. The van der Waals surface area contributed by atoms with Crippen LogP contribution in [0.15, 0.2) is 47.4 Å². The molecular formula is C23H33N4O9P. The van der Waals surface area contributed by atoms with Gasteiger partial charge in [-0.05, 0) is 25.1 Å². The number of aromatic nitrogens is 2. The monoisotopic (exact) mass is 540 g/mol. The predicted octanol–water partition coefficient (Wildman–Crippen LogP) is 1.48. The van der Waals surface area contributed by atoms with Gasteiger partial charge in [-0.1, -0.05) is 32.0 Å². The Kier molecular flexibility index (Phi) is 9.82. The SMILES string of the molecule is COC1C(O)[C@@H](COP(=O)(NC[C@@H](C)OC(=O)C(C)C)Oc2ccccc2)O[C@H]1n1ccc(N)nc1=O. The quantitative estimate of drug-likeness (QED) is 0.262. The summed E-state index contributed by atoms with van der Waals surface area (Å²) in [5.74, 6) is -0.421. The van der Waals surface area contributed by atoms with Crippen LogP contribution in [0.1, 0.15) is 27.0 Å². The number of rotatable bonds is 12. The van der Waals surface area contributed by atoms with E-state index in [2.05, 4.69) is 10.1 Å². The van der Waals surface area contributed by atoms with Crippen LogP contribution in [-0.2, 0) is 28.1 Å². The van der Waals surface area contributed by atoms with Crippen molar-refractivity contribution < 1.29 is 37.7 Å². The van der Waals surface area contributed by atoms with Crippen molar-refractivity contribution in [2.45, 2.75) is 51.4 Å². The summed E-state index contributed by atoms with van der Waals surface area (Å²) in [5, 5.41) is 13.5. The minimum Gasteiger partial charge on any atom is -0.461 e. The molecule has 1 aromatic carbocycles. The second-order valence-electron chi connectivity index (χ2n) is 8.76. The molecule has 1 aliphatic rings. The lowest BCUT2D eigenvalue weighted by atomic mass is 10.1. The number of aliphatic hydroxyl groups is 1. The minimum atomic E-state index is -4.05. The lowest BCUT2D eigenvalue weighted by molar-refractivity contribution is -0.151. The number of para-hydroxylation sites is 1. The molecule has 0 aliphatic carbocycles. The van der Waals surface area contributed by atoms with Crippen LogP contribution in [0.5, 0.6) is 5.75 Å². The van der Waals surface area contributed by atoms with E-state index in [-0.39, 0.29) is 30.6 Å². The molecule has 2 aromatic rings. The smallest absolute Gasteiger partial charge is 0.458 e. The van der Waals surface area contributed by atoms with Crippen molar-refractivity contribution in [1.29, 1.82) is 0 Å². The van der Waals surface area contributed by atoms with Gasteiger partial charge in [0.05, 0.1) is 12.5 Å². The summed E-state index contributed by atoms with van der Waals surface area (Å²) >= 11 is 0. The van der Waals surface area contributed by atoms with E-state index in [1.54, 1.807) is 51.1 Å². The van der Waals surface area contributed by atoms with E-state index < -0.39 is 50.0 Å². The van der Waals surface area contributed by atoms with E-state index in [1.807, 2.05) is 0 Å². The summed E-state index contributed by atoms with van der Waals surface area (Å²) in [6, 6.07) is 9.76. The molecule has 1 aromatic heterocycles. The van der Waals surface area contributed by atoms with Gasteiger partial charge < -0.3 is 29.6 Å². The molecule has 3 unspecified atom stereocenters. The van der Waals surface area contributed by atoms with E-state index in [0.29, 0.717) is 0 Å². The standard InChI is InChI=1S/C23H33N4O9P/c1-14(2)22(29)34-15(3)12-25-37(31,36-16-8-6-5-7-9-16)33-13-17-19(28)20(32-4)21(35-17)27-11-10-18(24)26-23(27)30/h5-11,14-15,17,19-21,28H,12-13H2,1-4H3,(H,25,31)(H2,24,26,30)/t15-,17-,19?,20?,21-,37?/m1/s1. The summed E-state index contributed by atoms with van der Waals surface area (Å²) in [6.45, 7) is 4.63. The number of ether oxygens (including phenoxy) is 3. The summed E-state index contributed by atoms with van der Waals surface area (Å²) in [7, 11) is -2.69. The zero-order valence-corrected chi connectivity index (χ0v) is 21.9. The maximum atomic E-state index is 13.6. The lowest BCUT2D eigenvalue weighted by Crippen LogP contribution is -2.38. The van der Waals surface area contributed by atoms with Crippen LogP contribution in [0.4, 0.5) is 5.82 Å². The molecule has 0 bridgehead atoms. The molecule has 14 heteroatoms. The number of esters is 1. The van der Waals surface area contributed by atoms with Gasteiger partial charge in [-0.25, -0.2) is 14.4 Å². The molecular weight excluding hydrogens is 507 g/mol. The molecule has 1 saturated heterocycles. The number of methoxy groups -OCH3 is 1. The van der Waals surface area contributed by atoms with E-state index in [4.69, 9.17) is 29.0 Å². The number of anilines is 1. The predicted molar refractivity (Wildman–Crippen MR) is 133 cm³/mol. The number of nitrogens with two attached hydrogens (primary N) is 1. The Bertz CT molecular complexity index is 1150. The van der Waals surface area contributed by atoms with Crippen LogP contribution in [0.2, 0.25) is 0 Å². The van der Waals surface area contributed by atoms with Crippen molar-refractivity contribution in [2.24, 2.45) is 5.92 Å². The molecule has 1 aliphatic heterocycles. The van der Waals surface area contributed by atoms with Crippen molar-refractivity contribution in [3.05, 3.63) is 53.1 Å². The van der Waals surface area contributed by atoms with E-state index in [0.717, 1.165) is 4.57 Å². The summed E-state index contributed by atoms with van der Waals surface area (Å²) in [6.07, 6.45) is -3.52. The lowest BCUT2D eigenvalue weighted by Gasteiger charge is -2.24. The first-order chi connectivity index (χ1) is 17.5. The van der Waals surface area contributed by atoms with E-state index in [1.165, 1.54) is 19.4 Å². The van der Waals surface area contributed by atoms with Crippen molar-refractivity contribution in [1.82, 2.24) is 14.6 Å². The van der Waals surface area contributed by atoms with Gasteiger partial charge in [0.2, 0.25) is 0 Å². The Morgan fingerprint density at radius 1 is 1.27 bits per heavy atom. The zero-order chi connectivity index (χ0) is 27.2. The topological polar surface area (TPSA) is 173 Å². The third-order valence-corrected chi connectivity index (χ3v) is 6.96. The number of aliphatic hydroxyl groups excluding tert-OH is 1. The molecule has 3 rings (SSSR count). The number of nitrogen functional groups attached to an aromatic ring is 1.